The molecular formula is C20H20ClN5. The summed E-state index contributed by atoms with van der Waals surface area (Å²) in [6.07, 6.45) is 6.99. The van der Waals surface area contributed by atoms with E-state index in [0.29, 0.717) is 11.0 Å². The van der Waals surface area contributed by atoms with Crippen LogP contribution in [0.1, 0.15) is 37.0 Å². The summed E-state index contributed by atoms with van der Waals surface area (Å²) in [5, 5.41) is 0.460. The first kappa shape index (κ1) is 16.9. The van der Waals surface area contributed by atoms with Crippen molar-refractivity contribution >= 4 is 40.6 Å². The van der Waals surface area contributed by atoms with Gasteiger partial charge in [0.1, 0.15) is 11.0 Å². The number of nitrogens with zero attached hydrogens (tertiary/aromatic N) is 5. The molecule has 132 valence electrons. The Morgan fingerprint density at radius 2 is 1.73 bits per heavy atom. The molecule has 6 heteroatoms. The van der Waals surface area contributed by atoms with E-state index in [-0.39, 0.29) is 0 Å². The molecule has 0 spiro atoms. The molecule has 26 heavy (non-hydrogen) atoms. The van der Waals surface area contributed by atoms with Gasteiger partial charge in [-0.1, -0.05) is 30.7 Å². The molecule has 0 saturated carbocycles. The van der Waals surface area contributed by atoms with E-state index < -0.39 is 0 Å². The highest BCUT2D eigenvalue weighted by Crippen LogP contribution is 2.22. The first-order valence-electron chi connectivity index (χ1n) is 8.96. The Hall–Kier alpha value is -2.53. The van der Waals surface area contributed by atoms with Crippen LogP contribution in [0.5, 0.6) is 0 Å². The lowest BCUT2D eigenvalue weighted by molar-refractivity contribution is 0.923. The standard InChI is InChI=1S/C20H20ClN5/c1-2-14-17(23-16-8-4-3-7-15(16)22-14)9-10-19-24-18(21)13-20(25-19)26-11-5-6-12-26/h3-4,7-10,13H,2,5-6,11-12H2,1H3/b10-9+. The predicted octanol–water partition coefficient (Wildman–Crippen LogP) is 4.41. The van der Waals surface area contributed by atoms with Crippen molar-refractivity contribution in [3.8, 4) is 0 Å². The molecular weight excluding hydrogens is 346 g/mol. The van der Waals surface area contributed by atoms with E-state index in [4.69, 9.17) is 21.6 Å². The minimum Gasteiger partial charge on any atom is -0.356 e. The summed E-state index contributed by atoms with van der Waals surface area (Å²) in [4.78, 5) is 20.7. The van der Waals surface area contributed by atoms with E-state index in [1.807, 2.05) is 42.5 Å². The fourth-order valence-electron chi connectivity index (χ4n) is 3.20. The summed E-state index contributed by atoms with van der Waals surface area (Å²) in [6, 6.07) is 9.74. The van der Waals surface area contributed by atoms with E-state index in [1.54, 1.807) is 0 Å². The van der Waals surface area contributed by atoms with Gasteiger partial charge in [-0.15, -0.1) is 0 Å². The molecule has 1 aliphatic heterocycles. The molecule has 0 N–H and O–H groups in total. The maximum absolute atomic E-state index is 6.21. The number of halogens is 1. The van der Waals surface area contributed by atoms with Crippen molar-refractivity contribution in [1.29, 1.82) is 0 Å². The van der Waals surface area contributed by atoms with Crippen LogP contribution in [0.2, 0.25) is 5.15 Å². The second kappa shape index (κ2) is 7.38. The van der Waals surface area contributed by atoms with Gasteiger partial charge >= 0.3 is 0 Å². The highest BCUT2D eigenvalue weighted by molar-refractivity contribution is 6.29. The maximum Gasteiger partial charge on any atom is 0.156 e. The van der Waals surface area contributed by atoms with E-state index in [2.05, 4.69) is 21.8 Å². The van der Waals surface area contributed by atoms with E-state index >= 15 is 0 Å². The molecule has 0 atom stereocenters. The van der Waals surface area contributed by atoms with Crippen LogP contribution < -0.4 is 4.90 Å². The molecule has 1 saturated heterocycles. The van der Waals surface area contributed by atoms with Gasteiger partial charge in [0, 0.05) is 19.2 Å². The Kier molecular flexibility index (Phi) is 4.80. The number of benzene rings is 1. The zero-order valence-corrected chi connectivity index (χ0v) is 15.4. The number of hydrogen-bond donors (Lipinski definition) is 0. The first-order chi connectivity index (χ1) is 12.7. The number of anilines is 1. The largest absolute Gasteiger partial charge is 0.356 e. The van der Waals surface area contributed by atoms with Crippen molar-refractivity contribution in [3.05, 3.63) is 52.7 Å². The van der Waals surface area contributed by atoms with Gasteiger partial charge in [-0.2, -0.15) is 0 Å². The average Bonchev–Trinajstić information content (AvgIpc) is 3.20. The smallest absolute Gasteiger partial charge is 0.156 e. The molecule has 1 fully saturated rings. The number of fused-ring (bicyclic) bond motifs is 1. The zero-order chi connectivity index (χ0) is 17.9. The van der Waals surface area contributed by atoms with Crippen LogP contribution in [-0.2, 0) is 6.42 Å². The van der Waals surface area contributed by atoms with Crippen molar-refractivity contribution in [1.82, 2.24) is 19.9 Å². The van der Waals surface area contributed by atoms with Gasteiger partial charge in [0.15, 0.2) is 5.82 Å². The highest BCUT2D eigenvalue weighted by atomic mass is 35.5. The number of para-hydroxylation sites is 2. The van der Waals surface area contributed by atoms with Crippen molar-refractivity contribution in [2.24, 2.45) is 0 Å². The van der Waals surface area contributed by atoms with Gasteiger partial charge in [0.25, 0.3) is 0 Å². The molecule has 3 aromatic rings. The molecule has 0 amide bonds. The Morgan fingerprint density at radius 3 is 2.46 bits per heavy atom. The van der Waals surface area contributed by atoms with Gasteiger partial charge < -0.3 is 4.90 Å². The minimum atomic E-state index is 0.460. The Morgan fingerprint density at radius 1 is 1.00 bits per heavy atom. The molecule has 4 rings (SSSR count). The Balaban J connectivity index is 1.68. The Bertz CT molecular complexity index is 964. The summed E-state index contributed by atoms with van der Waals surface area (Å²) in [5.74, 6) is 1.49. The van der Waals surface area contributed by atoms with Gasteiger partial charge in [-0.25, -0.2) is 19.9 Å². The first-order valence-corrected chi connectivity index (χ1v) is 9.34. The van der Waals surface area contributed by atoms with Crippen LogP contribution in [0.15, 0.2) is 30.3 Å². The molecule has 0 bridgehead atoms. The number of rotatable bonds is 4. The summed E-state index contributed by atoms with van der Waals surface area (Å²) in [5.41, 5.74) is 3.60. The lowest BCUT2D eigenvalue weighted by Gasteiger charge is -2.16. The molecule has 3 heterocycles. The lowest BCUT2D eigenvalue weighted by Crippen LogP contribution is -2.19. The summed E-state index contributed by atoms with van der Waals surface area (Å²) >= 11 is 6.21. The minimum absolute atomic E-state index is 0.460. The van der Waals surface area contributed by atoms with Gasteiger partial charge in [0.05, 0.1) is 22.4 Å². The second-order valence-electron chi connectivity index (χ2n) is 6.33. The Labute approximate surface area is 157 Å². The van der Waals surface area contributed by atoms with Crippen LogP contribution in [0.3, 0.4) is 0 Å². The van der Waals surface area contributed by atoms with Crippen molar-refractivity contribution in [2.45, 2.75) is 26.2 Å². The van der Waals surface area contributed by atoms with Crippen LogP contribution in [0.4, 0.5) is 5.82 Å². The molecule has 2 aromatic heterocycles. The van der Waals surface area contributed by atoms with Crippen molar-refractivity contribution in [2.75, 3.05) is 18.0 Å². The lowest BCUT2D eigenvalue weighted by atomic mass is 10.2. The van der Waals surface area contributed by atoms with Crippen molar-refractivity contribution < 1.29 is 0 Å². The van der Waals surface area contributed by atoms with E-state index in [0.717, 1.165) is 47.7 Å². The third kappa shape index (κ3) is 3.53. The van der Waals surface area contributed by atoms with Crippen LogP contribution >= 0.6 is 11.6 Å². The van der Waals surface area contributed by atoms with Crippen LogP contribution in [-0.4, -0.2) is 33.0 Å². The predicted molar refractivity (Wildman–Crippen MR) is 106 cm³/mol. The fraction of sp³-hybridized carbons (Fsp3) is 0.300. The van der Waals surface area contributed by atoms with E-state index in [1.165, 1.54) is 12.8 Å². The van der Waals surface area contributed by atoms with Gasteiger partial charge in [0.2, 0.25) is 0 Å². The monoisotopic (exact) mass is 365 g/mol. The summed E-state index contributed by atoms with van der Waals surface area (Å²) < 4.78 is 0. The average molecular weight is 366 g/mol. The second-order valence-corrected chi connectivity index (χ2v) is 6.72. The van der Waals surface area contributed by atoms with Gasteiger partial charge in [-0.05, 0) is 43.5 Å². The normalized spacial score (nSPS) is 14.6. The summed E-state index contributed by atoms with van der Waals surface area (Å²) in [7, 11) is 0. The molecule has 1 aromatic carbocycles. The van der Waals surface area contributed by atoms with E-state index in [9.17, 15) is 0 Å². The quantitative estimate of drug-likeness (QED) is 0.641. The van der Waals surface area contributed by atoms with Crippen LogP contribution in [0.25, 0.3) is 23.2 Å². The number of hydrogen-bond acceptors (Lipinski definition) is 5. The summed E-state index contributed by atoms with van der Waals surface area (Å²) in [6.45, 7) is 4.12. The number of aryl methyl sites for hydroxylation is 1. The van der Waals surface area contributed by atoms with Crippen molar-refractivity contribution in [3.63, 3.8) is 0 Å². The topological polar surface area (TPSA) is 54.8 Å². The van der Waals surface area contributed by atoms with Crippen LogP contribution in [0, 0.1) is 0 Å². The number of aromatic nitrogens is 4. The molecule has 5 nitrogen and oxygen atoms in total. The fourth-order valence-corrected chi connectivity index (χ4v) is 3.39. The molecule has 1 aliphatic rings. The molecule has 0 unspecified atom stereocenters. The molecule has 0 radical (unpaired) electrons. The third-order valence-corrected chi connectivity index (χ3v) is 4.72. The maximum atomic E-state index is 6.21. The molecule has 0 aliphatic carbocycles. The third-order valence-electron chi connectivity index (χ3n) is 4.53. The zero-order valence-electron chi connectivity index (χ0n) is 14.7. The highest BCUT2D eigenvalue weighted by Gasteiger charge is 2.15. The SMILES string of the molecule is CCc1nc2ccccc2nc1/C=C/c1nc(Cl)cc(N2CCCC2)n1. The van der Waals surface area contributed by atoms with Gasteiger partial charge in [-0.3, -0.25) is 0 Å².